The smallest absolute Gasteiger partial charge is 0.241 e. The molecule has 1 amide bonds. The van der Waals surface area contributed by atoms with Gasteiger partial charge in [-0.3, -0.25) is 9.48 Å². The molecule has 0 aliphatic carbocycles. The second-order valence-corrected chi connectivity index (χ2v) is 4.78. The van der Waals surface area contributed by atoms with Crippen molar-refractivity contribution in [1.29, 1.82) is 0 Å². The van der Waals surface area contributed by atoms with Crippen LogP contribution in [0.4, 0.5) is 5.69 Å². The molecule has 0 unspecified atom stereocenters. The lowest BCUT2D eigenvalue weighted by molar-refractivity contribution is -0.121. The Labute approximate surface area is 128 Å². The summed E-state index contributed by atoms with van der Waals surface area (Å²) in [5, 5.41) is 10.5. The van der Waals surface area contributed by atoms with E-state index in [1.165, 1.54) is 0 Å². The summed E-state index contributed by atoms with van der Waals surface area (Å²) in [7, 11) is 3.20. The van der Waals surface area contributed by atoms with E-state index in [4.69, 9.17) is 16.3 Å². The zero-order valence-electron chi connectivity index (χ0n) is 11.9. The molecule has 0 atom stereocenters. The fraction of sp³-hybridized carbons (Fsp3) is 0.286. The molecule has 7 heteroatoms. The highest BCUT2D eigenvalue weighted by atomic mass is 35.5. The molecule has 2 aromatic rings. The Morgan fingerprint density at radius 3 is 3.00 bits per heavy atom. The first-order valence-electron chi connectivity index (χ1n) is 6.42. The molecule has 0 saturated carbocycles. The topological polar surface area (TPSA) is 68.2 Å². The number of rotatable bonds is 6. The van der Waals surface area contributed by atoms with Gasteiger partial charge >= 0.3 is 0 Å². The van der Waals surface area contributed by atoms with Crippen molar-refractivity contribution in [2.75, 3.05) is 19.5 Å². The van der Waals surface area contributed by atoms with E-state index in [0.717, 1.165) is 17.0 Å². The van der Waals surface area contributed by atoms with E-state index in [2.05, 4.69) is 15.7 Å². The molecule has 0 saturated heterocycles. The predicted molar refractivity (Wildman–Crippen MR) is 81.6 cm³/mol. The summed E-state index contributed by atoms with van der Waals surface area (Å²) in [6.07, 6.45) is 3.42. The van der Waals surface area contributed by atoms with Crippen LogP contribution in [0.5, 0.6) is 5.75 Å². The average Bonchev–Trinajstić information content (AvgIpc) is 2.93. The first-order valence-corrected chi connectivity index (χ1v) is 6.80. The van der Waals surface area contributed by atoms with E-state index in [1.54, 1.807) is 31.2 Å². The molecule has 0 spiro atoms. The van der Waals surface area contributed by atoms with Gasteiger partial charge in [0.2, 0.25) is 5.91 Å². The third-order valence-electron chi connectivity index (χ3n) is 2.98. The summed E-state index contributed by atoms with van der Waals surface area (Å²) in [5.74, 6) is 0.630. The Hall–Kier alpha value is -2.21. The molecule has 0 fully saturated rings. The van der Waals surface area contributed by atoms with Gasteiger partial charge in [0.1, 0.15) is 12.3 Å². The number of amides is 1. The molecular weight excluding hydrogens is 292 g/mol. The number of likely N-dealkylation sites (N-methyl/N-ethyl adjacent to an activating group) is 1. The Morgan fingerprint density at radius 1 is 1.48 bits per heavy atom. The number of anilines is 1. The van der Waals surface area contributed by atoms with Crippen molar-refractivity contribution in [2.24, 2.45) is 0 Å². The lowest BCUT2D eigenvalue weighted by Crippen LogP contribution is -2.23. The van der Waals surface area contributed by atoms with Crippen molar-refractivity contribution in [2.45, 2.75) is 13.1 Å². The number of hydrogen-bond donors (Lipinski definition) is 2. The zero-order chi connectivity index (χ0) is 15.2. The number of halogens is 1. The molecule has 112 valence electrons. The lowest BCUT2D eigenvalue weighted by atomic mass is 10.2. The molecule has 6 nitrogen and oxygen atoms in total. The summed E-state index contributed by atoms with van der Waals surface area (Å²) in [5.41, 5.74) is 1.68. The number of aromatic nitrogens is 2. The van der Waals surface area contributed by atoms with Crippen LogP contribution in [0, 0.1) is 0 Å². The van der Waals surface area contributed by atoms with Gasteiger partial charge in [0.25, 0.3) is 0 Å². The zero-order valence-corrected chi connectivity index (χ0v) is 12.6. The maximum Gasteiger partial charge on any atom is 0.241 e. The average molecular weight is 309 g/mol. The molecule has 0 aliphatic rings. The molecule has 0 aliphatic heterocycles. The third kappa shape index (κ3) is 3.88. The second kappa shape index (κ2) is 6.99. The molecule has 2 rings (SSSR count). The molecule has 2 N–H and O–H groups in total. The van der Waals surface area contributed by atoms with Gasteiger partial charge in [-0.25, -0.2) is 0 Å². The molecule has 1 heterocycles. The molecule has 0 radical (unpaired) electrons. The van der Waals surface area contributed by atoms with E-state index in [9.17, 15) is 4.79 Å². The van der Waals surface area contributed by atoms with Gasteiger partial charge in [-0.05, 0) is 12.1 Å². The van der Waals surface area contributed by atoms with Gasteiger partial charge in [0.15, 0.2) is 0 Å². The SMILES string of the molecule is CNC(=O)Cn1cc(NCc2c(Cl)cccc2OC)cn1. The van der Waals surface area contributed by atoms with Gasteiger partial charge in [-0.15, -0.1) is 0 Å². The van der Waals surface area contributed by atoms with Crippen molar-refractivity contribution in [3.63, 3.8) is 0 Å². The third-order valence-corrected chi connectivity index (χ3v) is 3.34. The number of nitrogens with one attached hydrogen (secondary N) is 2. The number of nitrogens with zero attached hydrogens (tertiary/aromatic N) is 2. The Balaban J connectivity index is 2.02. The van der Waals surface area contributed by atoms with Crippen LogP contribution in [-0.2, 0) is 17.9 Å². The molecular formula is C14H17ClN4O2. The first-order chi connectivity index (χ1) is 10.1. The van der Waals surface area contributed by atoms with E-state index in [1.807, 2.05) is 18.2 Å². The maximum absolute atomic E-state index is 11.3. The number of hydrogen-bond acceptors (Lipinski definition) is 4. The van der Waals surface area contributed by atoms with Gasteiger partial charge in [-0.2, -0.15) is 5.10 Å². The summed E-state index contributed by atoms with van der Waals surface area (Å²) in [6, 6.07) is 5.51. The van der Waals surface area contributed by atoms with Crippen LogP contribution >= 0.6 is 11.6 Å². The van der Waals surface area contributed by atoms with Crippen molar-refractivity contribution >= 4 is 23.2 Å². The molecule has 0 bridgehead atoms. The lowest BCUT2D eigenvalue weighted by Gasteiger charge is -2.11. The van der Waals surface area contributed by atoms with E-state index in [0.29, 0.717) is 11.6 Å². The number of carbonyl (C=O) groups excluding carboxylic acids is 1. The van der Waals surface area contributed by atoms with Crippen LogP contribution in [0.1, 0.15) is 5.56 Å². The van der Waals surface area contributed by atoms with Gasteiger partial charge in [0.05, 0.1) is 19.0 Å². The fourth-order valence-corrected chi connectivity index (χ4v) is 2.09. The highest BCUT2D eigenvalue weighted by Gasteiger charge is 2.08. The standard InChI is InChI=1S/C14H17ClN4O2/c1-16-14(20)9-19-8-10(6-18-19)17-7-11-12(15)4-3-5-13(11)21-2/h3-6,8,17H,7,9H2,1-2H3,(H,16,20). The first kappa shape index (κ1) is 15.2. The normalized spacial score (nSPS) is 10.2. The minimum absolute atomic E-state index is 0.0996. The second-order valence-electron chi connectivity index (χ2n) is 4.37. The number of benzene rings is 1. The van der Waals surface area contributed by atoms with Crippen LogP contribution in [0.25, 0.3) is 0 Å². The monoisotopic (exact) mass is 308 g/mol. The van der Waals surface area contributed by atoms with Crippen molar-refractivity contribution in [1.82, 2.24) is 15.1 Å². The van der Waals surface area contributed by atoms with Crippen LogP contribution in [0.15, 0.2) is 30.6 Å². The highest BCUT2D eigenvalue weighted by Crippen LogP contribution is 2.26. The Morgan fingerprint density at radius 2 is 2.29 bits per heavy atom. The molecule has 1 aromatic carbocycles. The summed E-state index contributed by atoms with van der Waals surface area (Å²) >= 11 is 6.17. The molecule has 21 heavy (non-hydrogen) atoms. The highest BCUT2D eigenvalue weighted by molar-refractivity contribution is 6.31. The van der Waals surface area contributed by atoms with Crippen molar-refractivity contribution in [3.05, 3.63) is 41.2 Å². The Bertz CT molecular complexity index is 627. The number of ether oxygens (including phenoxy) is 1. The van der Waals surface area contributed by atoms with Gasteiger partial charge in [-0.1, -0.05) is 17.7 Å². The maximum atomic E-state index is 11.3. The number of methoxy groups -OCH3 is 1. The van der Waals surface area contributed by atoms with Crippen LogP contribution < -0.4 is 15.4 Å². The van der Waals surface area contributed by atoms with E-state index >= 15 is 0 Å². The molecule has 1 aromatic heterocycles. The van der Waals surface area contributed by atoms with E-state index < -0.39 is 0 Å². The van der Waals surface area contributed by atoms with E-state index in [-0.39, 0.29) is 12.5 Å². The predicted octanol–water partition coefficient (Wildman–Crippen LogP) is 1.90. The Kier molecular flexibility index (Phi) is 5.05. The van der Waals surface area contributed by atoms with Crippen LogP contribution in [0.2, 0.25) is 5.02 Å². The fourth-order valence-electron chi connectivity index (χ4n) is 1.86. The van der Waals surface area contributed by atoms with Crippen LogP contribution in [-0.4, -0.2) is 29.8 Å². The minimum Gasteiger partial charge on any atom is -0.496 e. The van der Waals surface area contributed by atoms with Gasteiger partial charge < -0.3 is 15.4 Å². The summed E-state index contributed by atoms with van der Waals surface area (Å²) in [6.45, 7) is 0.697. The quantitative estimate of drug-likeness (QED) is 0.855. The largest absolute Gasteiger partial charge is 0.496 e. The number of carbonyl (C=O) groups is 1. The summed E-state index contributed by atoms with van der Waals surface area (Å²) < 4.78 is 6.85. The minimum atomic E-state index is -0.0996. The van der Waals surface area contributed by atoms with Crippen LogP contribution in [0.3, 0.4) is 0 Å². The van der Waals surface area contributed by atoms with Crippen molar-refractivity contribution < 1.29 is 9.53 Å². The van der Waals surface area contributed by atoms with Crippen molar-refractivity contribution in [3.8, 4) is 5.75 Å². The van der Waals surface area contributed by atoms with Gasteiger partial charge in [0, 0.05) is 30.4 Å². The summed E-state index contributed by atoms with van der Waals surface area (Å²) in [4.78, 5) is 11.3.